The zero-order chi connectivity index (χ0) is 16.8. The van der Waals surface area contributed by atoms with Gasteiger partial charge in [-0.1, -0.05) is 48.5 Å². The SMILES string of the molecule is CN1CCc2ccc(Oc3ccccc3)c3c2C1Cc1ccccc1-3. The van der Waals surface area contributed by atoms with Gasteiger partial charge in [-0.15, -0.1) is 0 Å². The standard InChI is InChI=1S/C23H21NO/c1-24-14-13-16-11-12-21(25-18-8-3-2-4-9-18)23-19-10-6-5-7-17(19)15-20(24)22(16)23/h2-12,20H,13-15H2,1H3. The fraction of sp³-hybridized carbons (Fsp3) is 0.217. The van der Waals surface area contributed by atoms with Crippen molar-refractivity contribution in [3.63, 3.8) is 0 Å². The first-order valence-corrected chi connectivity index (χ1v) is 8.98. The van der Waals surface area contributed by atoms with Gasteiger partial charge in [0.2, 0.25) is 0 Å². The highest BCUT2D eigenvalue weighted by Crippen LogP contribution is 2.49. The predicted molar refractivity (Wildman–Crippen MR) is 101 cm³/mol. The molecule has 0 spiro atoms. The van der Waals surface area contributed by atoms with Crippen molar-refractivity contribution < 1.29 is 4.74 Å². The number of nitrogens with zero attached hydrogens (tertiary/aromatic N) is 1. The molecule has 0 N–H and O–H groups in total. The Labute approximate surface area is 148 Å². The summed E-state index contributed by atoms with van der Waals surface area (Å²) in [6, 6.07) is 23.8. The zero-order valence-corrected chi connectivity index (χ0v) is 14.4. The molecular formula is C23H21NO. The minimum Gasteiger partial charge on any atom is -0.457 e. The maximum absolute atomic E-state index is 6.32. The summed E-state index contributed by atoms with van der Waals surface area (Å²) in [5.41, 5.74) is 6.99. The summed E-state index contributed by atoms with van der Waals surface area (Å²) in [4.78, 5) is 2.49. The van der Waals surface area contributed by atoms with E-state index in [0.717, 1.165) is 30.9 Å². The van der Waals surface area contributed by atoms with E-state index in [0.29, 0.717) is 6.04 Å². The highest BCUT2D eigenvalue weighted by atomic mass is 16.5. The third-order valence-corrected chi connectivity index (χ3v) is 5.57. The summed E-state index contributed by atoms with van der Waals surface area (Å²) < 4.78 is 6.32. The molecule has 0 saturated heterocycles. The van der Waals surface area contributed by atoms with Crippen molar-refractivity contribution in [1.29, 1.82) is 0 Å². The van der Waals surface area contributed by atoms with Gasteiger partial charge >= 0.3 is 0 Å². The summed E-state index contributed by atoms with van der Waals surface area (Å²) in [5.74, 6) is 1.86. The van der Waals surface area contributed by atoms with Gasteiger partial charge in [-0.2, -0.15) is 0 Å². The number of benzene rings is 3. The normalized spacial score (nSPS) is 18.4. The lowest BCUT2D eigenvalue weighted by molar-refractivity contribution is 0.227. The van der Waals surface area contributed by atoms with Gasteiger partial charge in [0.15, 0.2) is 0 Å². The Bertz CT molecular complexity index is 932. The second kappa shape index (κ2) is 5.75. The summed E-state index contributed by atoms with van der Waals surface area (Å²) in [6.45, 7) is 1.12. The molecule has 2 nitrogen and oxygen atoms in total. The second-order valence-corrected chi connectivity index (χ2v) is 7.03. The molecule has 25 heavy (non-hydrogen) atoms. The molecule has 3 aromatic carbocycles. The number of hydrogen-bond donors (Lipinski definition) is 0. The van der Waals surface area contributed by atoms with Gasteiger partial charge in [-0.3, -0.25) is 4.90 Å². The molecule has 2 aliphatic rings. The molecule has 1 aliphatic heterocycles. The molecule has 0 saturated carbocycles. The number of ether oxygens (including phenoxy) is 1. The summed E-state index contributed by atoms with van der Waals surface area (Å²) >= 11 is 0. The summed E-state index contributed by atoms with van der Waals surface area (Å²) in [6.07, 6.45) is 2.20. The van der Waals surface area contributed by atoms with E-state index >= 15 is 0 Å². The molecular weight excluding hydrogens is 306 g/mol. The van der Waals surface area contributed by atoms with Crippen molar-refractivity contribution in [2.24, 2.45) is 0 Å². The highest BCUT2D eigenvalue weighted by Gasteiger charge is 2.34. The van der Waals surface area contributed by atoms with Crippen LogP contribution in [0.2, 0.25) is 0 Å². The van der Waals surface area contributed by atoms with Crippen LogP contribution in [0, 0.1) is 0 Å². The Kier molecular flexibility index (Phi) is 3.39. The van der Waals surface area contributed by atoms with Crippen LogP contribution < -0.4 is 4.74 Å². The molecule has 124 valence electrons. The third-order valence-electron chi connectivity index (χ3n) is 5.57. The Hall–Kier alpha value is -2.58. The number of para-hydroxylation sites is 1. The van der Waals surface area contributed by atoms with Crippen LogP contribution in [0.3, 0.4) is 0 Å². The van der Waals surface area contributed by atoms with Gasteiger partial charge in [0, 0.05) is 18.2 Å². The Morgan fingerprint density at radius 3 is 2.56 bits per heavy atom. The predicted octanol–water partition coefficient (Wildman–Crippen LogP) is 5.23. The van der Waals surface area contributed by atoms with Crippen molar-refractivity contribution in [2.75, 3.05) is 13.6 Å². The fourth-order valence-corrected chi connectivity index (χ4v) is 4.30. The molecule has 3 aromatic rings. The topological polar surface area (TPSA) is 12.5 Å². The quantitative estimate of drug-likeness (QED) is 0.639. The van der Waals surface area contributed by atoms with E-state index < -0.39 is 0 Å². The highest BCUT2D eigenvalue weighted by molar-refractivity contribution is 5.81. The van der Waals surface area contributed by atoms with E-state index in [2.05, 4.69) is 48.3 Å². The minimum absolute atomic E-state index is 0.452. The fourth-order valence-electron chi connectivity index (χ4n) is 4.30. The van der Waals surface area contributed by atoms with Crippen molar-refractivity contribution in [3.05, 3.63) is 83.4 Å². The van der Waals surface area contributed by atoms with Gasteiger partial charge < -0.3 is 4.74 Å². The molecule has 0 aromatic heterocycles. The van der Waals surface area contributed by atoms with Gasteiger partial charge in [-0.05, 0) is 60.3 Å². The Morgan fingerprint density at radius 1 is 0.880 bits per heavy atom. The molecule has 0 amide bonds. The van der Waals surface area contributed by atoms with Crippen LogP contribution in [-0.4, -0.2) is 18.5 Å². The van der Waals surface area contributed by atoms with Gasteiger partial charge in [-0.25, -0.2) is 0 Å². The zero-order valence-electron chi connectivity index (χ0n) is 14.4. The monoisotopic (exact) mass is 327 g/mol. The van der Waals surface area contributed by atoms with E-state index in [9.17, 15) is 0 Å². The molecule has 5 rings (SSSR count). The first-order chi connectivity index (χ1) is 12.3. The van der Waals surface area contributed by atoms with Gasteiger partial charge in [0.1, 0.15) is 11.5 Å². The van der Waals surface area contributed by atoms with Crippen LogP contribution in [0.5, 0.6) is 11.5 Å². The number of fused-ring (bicyclic) bond motifs is 2. The van der Waals surface area contributed by atoms with Crippen molar-refractivity contribution in [3.8, 4) is 22.6 Å². The Morgan fingerprint density at radius 2 is 1.68 bits per heavy atom. The minimum atomic E-state index is 0.452. The van der Waals surface area contributed by atoms with Gasteiger partial charge in [0.25, 0.3) is 0 Å². The van der Waals surface area contributed by atoms with E-state index in [-0.39, 0.29) is 0 Å². The first-order valence-electron chi connectivity index (χ1n) is 8.98. The van der Waals surface area contributed by atoms with Crippen molar-refractivity contribution in [2.45, 2.75) is 18.9 Å². The Balaban J connectivity index is 1.73. The van der Waals surface area contributed by atoms with Crippen LogP contribution >= 0.6 is 0 Å². The number of rotatable bonds is 2. The van der Waals surface area contributed by atoms with Gasteiger partial charge in [0.05, 0.1) is 0 Å². The molecule has 0 bridgehead atoms. The second-order valence-electron chi connectivity index (χ2n) is 7.03. The summed E-state index contributed by atoms with van der Waals surface area (Å²) in [5, 5.41) is 0. The molecule has 2 heteroatoms. The average molecular weight is 327 g/mol. The van der Waals surface area contributed by atoms with Crippen LogP contribution in [0.1, 0.15) is 22.7 Å². The average Bonchev–Trinajstić information content (AvgIpc) is 2.66. The van der Waals surface area contributed by atoms with Crippen LogP contribution in [0.15, 0.2) is 66.7 Å². The number of hydrogen-bond acceptors (Lipinski definition) is 2. The lowest BCUT2D eigenvalue weighted by Gasteiger charge is -2.40. The molecule has 1 unspecified atom stereocenters. The maximum Gasteiger partial charge on any atom is 0.135 e. The maximum atomic E-state index is 6.32. The smallest absolute Gasteiger partial charge is 0.135 e. The largest absolute Gasteiger partial charge is 0.457 e. The van der Waals surface area contributed by atoms with Crippen LogP contribution in [0.4, 0.5) is 0 Å². The molecule has 1 aliphatic carbocycles. The van der Waals surface area contributed by atoms with E-state index in [1.807, 2.05) is 30.3 Å². The van der Waals surface area contributed by atoms with Crippen molar-refractivity contribution >= 4 is 0 Å². The molecule has 0 fully saturated rings. The van der Waals surface area contributed by atoms with Crippen molar-refractivity contribution in [1.82, 2.24) is 4.90 Å². The lowest BCUT2D eigenvalue weighted by Crippen LogP contribution is -2.35. The van der Waals surface area contributed by atoms with E-state index in [1.54, 1.807) is 0 Å². The van der Waals surface area contributed by atoms with Crippen LogP contribution in [-0.2, 0) is 12.8 Å². The molecule has 1 heterocycles. The van der Waals surface area contributed by atoms with E-state index in [4.69, 9.17) is 4.74 Å². The molecule has 1 atom stereocenters. The van der Waals surface area contributed by atoms with Crippen LogP contribution in [0.25, 0.3) is 11.1 Å². The first kappa shape index (κ1) is 14.7. The van der Waals surface area contributed by atoms with E-state index in [1.165, 1.54) is 27.8 Å². The molecule has 0 radical (unpaired) electrons. The third kappa shape index (κ3) is 2.37. The summed E-state index contributed by atoms with van der Waals surface area (Å²) in [7, 11) is 2.25. The number of likely N-dealkylation sites (N-methyl/N-ethyl adjacent to an activating group) is 1. The lowest BCUT2D eigenvalue weighted by atomic mass is 9.77.